The highest BCUT2D eigenvalue weighted by Crippen LogP contribution is 2.24. The Labute approximate surface area is 116 Å². The summed E-state index contributed by atoms with van der Waals surface area (Å²) in [5.41, 5.74) is 1.14. The molecule has 0 saturated heterocycles. The molecule has 0 fully saturated rings. The van der Waals surface area contributed by atoms with Gasteiger partial charge in [0.25, 0.3) is 0 Å². The Balaban J connectivity index is 2.08. The van der Waals surface area contributed by atoms with Crippen LogP contribution in [0.3, 0.4) is 0 Å². The Kier molecular flexibility index (Phi) is 4.00. The third kappa shape index (κ3) is 3.77. The van der Waals surface area contributed by atoms with Crippen molar-refractivity contribution in [3.8, 4) is 10.6 Å². The highest BCUT2D eigenvalue weighted by molar-refractivity contribution is 7.14. The van der Waals surface area contributed by atoms with Crippen LogP contribution < -0.4 is 5.32 Å². The lowest BCUT2D eigenvalue weighted by Gasteiger charge is -2.19. The molecule has 0 aliphatic heterocycles. The zero-order chi connectivity index (χ0) is 13.2. The van der Waals surface area contributed by atoms with Crippen molar-refractivity contribution < 1.29 is 0 Å². The first-order chi connectivity index (χ1) is 8.44. The molecule has 0 aliphatic carbocycles. The first-order valence-electron chi connectivity index (χ1n) is 5.77. The summed E-state index contributed by atoms with van der Waals surface area (Å²) >= 11 is 7.47. The van der Waals surface area contributed by atoms with Crippen LogP contribution >= 0.6 is 22.9 Å². The lowest BCUT2D eigenvalue weighted by molar-refractivity contribution is 0.423. The van der Waals surface area contributed by atoms with Crippen molar-refractivity contribution in [2.75, 3.05) is 0 Å². The molecular weight excluding hydrogens is 266 g/mol. The minimum Gasteiger partial charge on any atom is -0.306 e. The molecule has 0 bridgehead atoms. The van der Waals surface area contributed by atoms with Crippen LogP contribution in [0.1, 0.15) is 25.8 Å². The smallest absolute Gasteiger partial charge is 0.147 e. The number of nitrogens with one attached hydrogen (secondary N) is 1. The highest BCUT2D eigenvalue weighted by atomic mass is 35.5. The second kappa shape index (κ2) is 5.34. The van der Waals surface area contributed by atoms with E-state index >= 15 is 0 Å². The molecule has 0 saturated carbocycles. The van der Waals surface area contributed by atoms with Gasteiger partial charge in [0.1, 0.15) is 10.0 Å². The van der Waals surface area contributed by atoms with Gasteiger partial charge >= 0.3 is 0 Å². The van der Waals surface area contributed by atoms with Gasteiger partial charge in [0.05, 0.1) is 6.54 Å². The first-order valence-corrected chi connectivity index (χ1v) is 6.97. The molecule has 5 heteroatoms. The number of hydrogen-bond acceptors (Lipinski definition) is 4. The maximum atomic E-state index is 5.86. The number of rotatable bonds is 3. The molecular formula is C13H16ClN3S. The number of hydrogen-bond donors (Lipinski definition) is 1. The average Bonchev–Trinajstić information content (AvgIpc) is 2.75. The van der Waals surface area contributed by atoms with E-state index in [1.807, 2.05) is 24.3 Å². The van der Waals surface area contributed by atoms with Gasteiger partial charge in [-0.15, -0.1) is 10.2 Å². The molecule has 0 spiro atoms. The molecule has 0 amide bonds. The molecule has 0 atom stereocenters. The summed E-state index contributed by atoms with van der Waals surface area (Å²) in [6.45, 7) is 7.14. The zero-order valence-corrected chi connectivity index (χ0v) is 12.3. The van der Waals surface area contributed by atoms with E-state index in [0.29, 0.717) is 0 Å². The van der Waals surface area contributed by atoms with E-state index in [2.05, 4.69) is 36.3 Å². The lowest BCUT2D eigenvalue weighted by Crippen LogP contribution is -2.35. The van der Waals surface area contributed by atoms with E-state index in [9.17, 15) is 0 Å². The second-order valence-corrected chi connectivity index (χ2v) is 6.61. The molecule has 0 unspecified atom stereocenters. The molecule has 1 N–H and O–H groups in total. The van der Waals surface area contributed by atoms with Crippen LogP contribution in [0, 0.1) is 0 Å². The predicted molar refractivity (Wildman–Crippen MR) is 76.9 cm³/mol. The van der Waals surface area contributed by atoms with Crippen LogP contribution in [-0.4, -0.2) is 15.7 Å². The molecule has 0 radical (unpaired) electrons. The van der Waals surface area contributed by atoms with Crippen molar-refractivity contribution in [1.29, 1.82) is 0 Å². The van der Waals surface area contributed by atoms with Crippen molar-refractivity contribution in [1.82, 2.24) is 15.5 Å². The van der Waals surface area contributed by atoms with Crippen molar-refractivity contribution in [2.24, 2.45) is 0 Å². The van der Waals surface area contributed by atoms with Crippen LogP contribution in [-0.2, 0) is 6.54 Å². The summed E-state index contributed by atoms with van der Waals surface area (Å²) in [5, 5.41) is 14.4. The van der Waals surface area contributed by atoms with E-state index in [4.69, 9.17) is 11.6 Å². The molecule has 2 rings (SSSR count). The van der Waals surface area contributed by atoms with Crippen molar-refractivity contribution in [3.63, 3.8) is 0 Å². The van der Waals surface area contributed by atoms with Gasteiger partial charge < -0.3 is 5.32 Å². The predicted octanol–water partition coefficient (Wildman–Crippen LogP) is 3.75. The number of benzene rings is 1. The second-order valence-electron chi connectivity index (χ2n) is 5.11. The Morgan fingerprint density at radius 1 is 1.17 bits per heavy atom. The zero-order valence-electron chi connectivity index (χ0n) is 10.7. The molecule has 1 aromatic heterocycles. The fraction of sp³-hybridized carbons (Fsp3) is 0.385. The maximum Gasteiger partial charge on any atom is 0.147 e. The van der Waals surface area contributed by atoms with Crippen LogP contribution in [0.2, 0.25) is 5.02 Å². The van der Waals surface area contributed by atoms with E-state index in [1.54, 1.807) is 11.3 Å². The van der Waals surface area contributed by atoms with Crippen molar-refractivity contribution in [2.45, 2.75) is 32.9 Å². The SMILES string of the molecule is CC(C)(C)NCc1nnc(-c2ccc(Cl)cc2)s1. The first kappa shape index (κ1) is 13.5. The Morgan fingerprint density at radius 2 is 1.83 bits per heavy atom. The Bertz CT molecular complexity index is 514. The summed E-state index contributed by atoms with van der Waals surface area (Å²) in [4.78, 5) is 0. The molecule has 1 heterocycles. The van der Waals surface area contributed by atoms with Crippen molar-refractivity contribution in [3.05, 3.63) is 34.3 Å². The molecule has 1 aromatic carbocycles. The van der Waals surface area contributed by atoms with E-state index in [1.165, 1.54) is 0 Å². The van der Waals surface area contributed by atoms with Gasteiger partial charge in [-0.1, -0.05) is 35.1 Å². The van der Waals surface area contributed by atoms with E-state index in [-0.39, 0.29) is 5.54 Å². The van der Waals surface area contributed by atoms with Gasteiger partial charge in [-0.05, 0) is 32.9 Å². The summed E-state index contributed by atoms with van der Waals surface area (Å²) in [7, 11) is 0. The van der Waals surface area contributed by atoms with Gasteiger partial charge in [-0.3, -0.25) is 0 Å². The van der Waals surface area contributed by atoms with Gasteiger partial charge in [0.15, 0.2) is 0 Å². The number of halogens is 1. The lowest BCUT2D eigenvalue weighted by atomic mass is 10.1. The normalized spacial score (nSPS) is 11.8. The van der Waals surface area contributed by atoms with E-state index in [0.717, 1.165) is 27.1 Å². The van der Waals surface area contributed by atoms with Gasteiger partial charge in [-0.2, -0.15) is 0 Å². The monoisotopic (exact) mass is 281 g/mol. The Hall–Kier alpha value is -0.970. The largest absolute Gasteiger partial charge is 0.306 e. The summed E-state index contributed by atoms with van der Waals surface area (Å²) in [5.74, 6) is 0. The third-order valence-corrected chi connectivity index (χ3v) is 3.55. The topological polar surface area (TPSA) is 37.8 Å². The summed E-state index contributed by atoms with van der Waals surface area (Å²) < 4.78 is 0. The number of nitrogens with zero attached hydrogens (tertiary/aromatic N) is 2. The van der Waals surface area contributed by atoms with Gasteiger partial charge in [0, 0.05) is 16.1 Å². The van der Waals surface area contributed by atoms with E-state index < -0.39 is 0 Å². The minimum atomic E-state index is 0.0894. The highest BCUT2D eigenvalue weighted by Gasteiger charge is 2.11. The minimum absolute atomic E-state index is 0.0894. The average molecular weight is 282 g/mol. The van der Waals surface area contributed by atoms with Crippen LogP contribution in [0.4, 0.5) is 0 Å². The third-order valence-electron chi connectivity index (χ3n) is 2.33. The number of aromatic nitrogens is 2. The molecule has 18 heavy (non-hydrogen) atoms. The van der Waals surface area contributed by atoms with Crippen LogP contribution in [0.25, 0.3) is 10.6 Å². The van der Waals surface area contributed by atoms with Gasteiger partial charge in [0.2, 0.25) is 0 Å². The van der Waals surface area contributed by atoms with Crippen molar-refractivity contribution >= 4 is 22.9 Å². The fourth-order valence-corrected chi connectivity index (χ4v) is 2.29. The quantitative estimate of drug-likeness (QED) is 0.931. The van der Waals surface area contributed by atoms with Crippen LogP contribution in [0.15, 0.2) is 24.3 Å². The molecule has 2 aromatic rings. The molecule has 96 valence electrons. The summed E-state index contributed by atoms with van der Waals surface area (Å²) in [6, 6.07) is 7.66. The van der Waals surface area contributed by atoms with Crippen LogP contribution in [0.5, 0.6) is 0 Å². The maximum absolute atomic E-state index is 5.86. The fourth-order valence-electron chi connectivity index (χ4n) is 1.37. The molecule has 3 nitrogen and oxygen atoms in total. The van der Waals surface area contributed by atoms with Gasteiger partial charge in [-0.25, -0.2) is 0 Å². The summed E-state index contributed by atoms with van der Waals surface area (Å²) in [6.07, 6.45) is 0. The molecule has 0 aliphatic rings. The Morgan fingerprint density at radius 3 is 2.44 bits per heavy atom. The standard InChI is InChI=1S/C13H16ClN3S/c1-13(2,3)15-8-11-16-17-12(18-11)9-4-6-10(14)7-5-9/h4-7,15H,8H2,1-3H3.